The first-order valence-electron chi connectivity index (χ1n) is 4.52. The molecule has 94 valence electrons. The van der Waals surface area contributed by atoms with Crippen LogP contribution in [0.1, 0.15) is 0 Å². The third kappa shape index (κ3) is 2.58. The number of hydrogen-bond acceptors (Lipinski definition) is 7. The summed E-state index contributed by atoms with van der Waals surface area (Å²) in [5.74, 6) is 0. The van der Waals surface area contributed by atoms with Gasteiger partial charge in [0.15, 0.2) is 6.23 Å². The molecular formula is C7H14N2O7. The van der Waals surface area contributed by atoms with Gasteiger partial charge in [-0.3, -0.25) is 5.21 Å². The van der Waals surface area contributed by atoms with Crippen molar-refractivity contribution in [2.75, 3.05) is 6.61 Å². The Morgan fingerprint density at radius 3 is 2.31 bits per heavy atom. The van der Waals surface area contributed by atoms with Crippen molar-refractivity contribution in [1.82, 2.24) is 10.8 Å². The fourth-order valence-electron chi connectivity index (χ4n) is 1.38. The molecule has 7 N–H and O–H groups in total. The van der Waals surface area contributed by atoms with Crippen LogP contribution in [0, 0.1) is 0 Å². The SMILES string of the molecule is O=C(NO)NC1OC(CO)C(O)C(O)C1O. The molecule has 0 spiro atoms. The van der Waals surface area contributed by atoms with E-state index in [1.165, 1.54) is 5.48 Å². The number of nitrogens with one attached hydrogen (secondary N) is 2. The third-order valence-electron chi connectivity index (χ3n) is 2.27. The highest BCUT2D eigenvalue weighted by Crippen LogP contribution is 2.19. The molecule has 1 saturated heterocycles. The molecule has 0 aromatic carbocycles. The average molecular weight is 238 g/mol. The molecule has 1 aliphatic rings. The molecule has 5 unspecified atom stereocenters. The summed E-state index contributed by atoms with van der Waals surface area (Å²) in [6, 6.07) is -1.05. The number of carbonyl (C=O) groups is 1. The van der Waals surface area contributed by atoms with Gasteiger partial charge in [-0.1, -0.05) is 0 Å². The molecule has 0 saturated carbocycles. The molecule has 0 aromatic rings. The largest absolute Gasteiger partial charge is 0.394 e. The number of aliphatic hydroxyl groups is 4. The van der Waals surface area contributed by atoms with Gasteiger partial charge in [0.25, 0.3) is 0 Å². The fourth-order valence-corrected chi connectivity index (χ4v) is 1.38. The van der Waals surface area contributed by atoms with Crippen LogP contribution in [0.4, 0.5) is 4.79 Å². The van der Waals surface area contributed by atoms with Crippen molar-refractivity contribution in [2.24, 2.45) is 0 Å². The summed E-state index contributed by atoms with van der Waals surface area (Å²) in [4.78, 5) is 10.7. The van der Waals surface area contributed by atoms with Crippen molar-refractivity contribution in [3.63, 3.8) is 0 Å². The van der Waals surface area contributed by atoms with Crippen molar-refractivity contribution in [2.45, 2.75) is 30.6 Å². The number of hydroxylamine groups is 1. The molecule has 0 bridgehead atoms. The molecule has 5 atom stereocenters. The normalized spacial score (nSPS) is 39.2. The molecule has 16 heavy (non-hydrogen) atoms. The van der Waals surface area contributed by atoms with Gasteiger partial charge in [-0.05, 0) is 0 Å². The first kappa shape index (κ1) is 13.1. The summed E-state index contributed by atoms with van der Waals surface area (Å²) >= 11 is 0. The molecule has 1 aliphatic heterocycles. The molecule has 9 nitrogen and oxygen atoms in total. The Hall–Kier alpha value is -0.970. The summed E-state index contributed by atoms with van der Waals surface area (Å²) < 4.78 is 4.91. The van der Waals surface area contributed by atoms with Gasteiger partial charge in [0.05, 0.1) is 6.61 Å². The van der Waals surface area contributed by atoms with Crippen LogP contribution in [0.2, 0.25) is 0 Å². The Bertz CT molecular complexity index is 249. The van der Waals surface area contributed by atoms with Crippen LogP contribution in [-0.4, -0.2) is 68.9 Å². The monoisotopic (exact) mass is 238 g/mol. The number of hydrogen-bond donors (Lipinski definition) is 7. The topological polar surface area (TPSA) is 152 Å². The Morgan fingerprint density at radius 2 is 1.81 bits per heavy atom. The maximum absolute atomic E-state index is 10.7. The van der Waals surface area contributed by atoms with Gasteiger partial charge in [-0.25, -0.2) is 10.3 Å². The number of urea groups is 1. The van der Waals surface area contributed by atoms with Crippen molar-refractivity contribution in [1.29, 1.82) is 0 Å². The molecule has 2 amide bonds. The number of ether oxygens (including phenoxy) is 1. The first-order valence-corrected chi connectivity index (χ1v) is 4.52. The lowest BCUT2D eigenvalue weighted by molar-refractivity contribution is -0.233. The molecular weight excluding hydrogens is 224 g/mol. The van der Waals surface area contributed by atoms with Crippen LogP contribution in [0.3, 0.4) is 0 Å². The van der Waals surface area contributed by atoms with Crippen molar-refractivity contribution in [3.05, 3.63) is 0 Å². The zero-order valence-electron chi connectivity index (χ0n) is 8.15. The van der Waals surface area contributed by atoms with E-state index in [-0.39, 0.29) is 0 Å². The lowest BCUT2D eigenvalue weighted by Crippen LogP contribution is -2.63. The van der Waals surface area contributed by atoms with Gasteiger partial charge < -0.3 is 30.5 Å². The van der Waals surface area contributed by atoms with E-state index in [4.69, 9.17) is 15.1 Å². The highest BCUT2D eigenvalue weighted by Gasteiger charge is 2.43. The number of aliphatic hydroxyl groups excluding tert-OH is 4. The minimum absolute atomic E-state index is 0.593. The average Bonchev–Trinajstić information content (AvgIpc) is 2.29. The van der Waals surface area contributed by atoms with E-state index in [0.29, 0.717) is 0 Å². The van der Waals surface area contributed by atoms with Gasteiger partial charge >= 0.3 is 6.03 Å². The second-order valence-corrected chi connectivity index (χ2v) is 3.33. The minimum Gasteiger partial charge on any atom is -0.394 e. The highest BCUT2D eigenvalue weighted by molar-refractivity contribution is 5.72. The molecule has 0 radical (unpaired) electrons. The fraction of sp³-hybridized carbons (Fsp3) is 0.857. The Labute approximate surface area is 90.2 Å². The molecule has 0 aromatic heterocycles. The summed E-state index contributed by atoms with van der Waals surface area (Å²) in [5, 5.41) is 47.2. The quantitative estimate of drug-likeness (QED) is 0.194. The summed E-state index contributed by atoms with van der Waals surface area (Å²) in [6.07, 6.45) is -7.09. The van der Waals surface area contributed by atoms with Gasteiger partial charge in [-0.2, -0.15) is 0 Å². The predicted octanol–water partition coefficient (Wildman–Crippen LogP) is -3.53. The third-order valence-corrected chi connectivity index (χ3v) is 2.27. The van der Waals surface area contributed by atoms with Crippen LogP contribution in [-0.2, 0) is 4.74 Å². The summed E-state index contributed by atoms with van der Waals surface area (Å²) in [6.45, 7) is -0.593. The number of carbonyl (C=O) groups excluding carboxylic acids is 1. The van der Waals surface area contributed by atoms with Crippen LogP contribution in [0.25, 0.3) is 0 Å². The van der Waals surface area contributed by atoms with Gasteiger partial charge in [0.1, 0.15) is 24.4 Å². The van der Waals surface area contributed by atoms with Crippen LogP contribution < -0.4 is 10.8 Å². The van der Waals surface area contributed by atoms with Crippen molar-refractivity contribution in [3.8, 4) is 0 Å². The van der Waals surface area contributed by atoms with E-state index >= 15 is 0 Å². The van der Waals surface area contributed by atoms with E-state index in [1.807, 2.05) is 5.32 Å². The van der Waals surface area contributed by atoms with E-state index in [1.54, 1.807) is 0 Å². The molecule has 1 fully saturated rings. The molecule has 9 heteroatoms. The molecule has 1 heterocycles. The van der Waals surface area contributed by atoms with Gasteiger partial charge in [-0.15, -0.1) is 0 Å². The number of amides is 2. The zero-order chi connectivity index (χ0) is 12.3. The van der Waals surface area contributed by atoms with Crippen molar-refractivity contribution < 1.29 is 35.2 Å². The van der Waals surface area contributed by atoms with E-state index in [0.717, 1.165) is 0 Å². The standard InChI is InChI=1S/C7H14N2O7/c10-1-2-3(11)4(12)5(13)6(16-2)8-7(14)9-15/h2-6,10-13,15H,1H2,(H2,8,9,14). The Kier molecular flexibility index (Phi) is 4.41. The molecule has 1 rings (SSSR count). The zero-order valence-corrected chi connectivity index (χ0v) is 8.15. The van der Waals surface area contributed by atoms with Gasteiger partial charge in [0, 0.05) is 0 Å². The van der Waals surface area contributed by atoms with E-state index in [2.05, 4.69) is 0 Å². The minimum atomic E-state index is -1.57. The predicted molar refractivity (Wildman–Crippen MR) is 47.2 cm³/mol. The van der Waals surface area contributed by atoms with Crippen LogP contribution in [0.5, 0.6) is 0 Å². The first-order chi connectivity index (χ1) is 7.51. The van der Waals surface area contributed by atoms with Crippen LogP contribution in [0.15, 0.2) is 0 Å². The van der Waals surface area contributed by atoms with Gasteiger partial charge in [0.2, 0.25) is 0 Å². The molecule has 0 aliphatic carbocycles. The summed E-state index contributed by atoms with van der Waals surface area (Å²) in [5.41, 5.74) is 1.24. The Balaban J connectivity index is 2.67. The lowest BCUT2D eigenvalue weighted by Gasteiger charge is -2.39. The van der Waals surface area contributed by atoms with Crippen LogP contribution >= 0.6 is 0 Å². The van der Waals surface area contributed by atoms with Crippen molar-refractivity contribution >= 4 is 6.03 Å². The number of rotatable bonds is 2. The second kappa shape index (κ2) is 5.39. The summed E-state index contributed by atoms with van der Waals surface area (Å²) in [7, 11) is 0. The van der Waals surface area contributed by atoms with E-state index in [9.17, 15) is 20.1 Å². The Morgan fingerprint density at radius 1 is 1.19 bits per heavy atom. The second-order valence-electron chi connectivity index (χ2n) is 3.33. The van der Waals surface area contributed by atoms with E-state index < -0.39 is 43.3 Å². The lowest BCUT2D eigenvalue weighted by atomic mass is 9.98. The maximum atomic E-state index is 10.7. The maximum Gasteiger partial charge on any atom is 0.340 e. The smallest absolute Gasteiger partial charge is 0.340 e. The highest BCUT2D eigenvalue weighted by atomic mass is 16.6.